The van der Waals surface area contributed by atoms with Crippen LogP contribution in [0.15, 0.2) is 48.7 Å². The number of halogens is 1. The molecule has 1 aliphatic rings. The van der Waals surface area contributed by atoms with Crippen LogP contribution in [0.25, 0.3) is 5.57 Å². The summed E-state index contributed by atoms with van der Waals surface area (Å²) in [6, 6.07) is 12.6. The van der Waals surface area contributed by atoms with Gasteiger partial charge in [0.25, 0.3) is 5.91 Å². The van der Waals surface area contributed by atoms with Crippen molar-refractivity contribution in [3.05, 3.63) is 60.0 Å². The Morgan fingerprint density at radius 1 is 1.12 bits per heavy atom. The number of fused-ring (bicyclic) bond motifs is 1. The third-order valence-corrected chi connectivity index (χ3v) is 4.15. The molecule has 1 aliphatic heterocycles. The van der Waals surface area contributed by atoms with Gasteiger partial charge in [-0.1, -0.05) is 6.07 Å². The van der Waals surface area contributed by atoms with Gasteiger partial charge in [0, 0.05) is 36.2 Å². The molecule has 5 heteroatoms. The van der Waals surface area contributed by atoms with Gasteiger partial charge < -0.3 is 15.5 Å². The lowest BCUT2D eigenvalue weighted by Gasteiger charge is -2.21. The molecule has 1 amide bonds. The molecule has 0 unspecified atom stereocenters. The van der Waals surface area contributed by atoms with E-state index in [1.54, 1.807) is 18.3 Å². The van der Waals surface area contributed by atoms with Gasteiger partial charge in [0.05, 0.1) is 11.3 Å². The fourth-order valence-electron chi connectivity index (χ4n) is 2.86. The first kappa shape index (κ1) is 16.1. The van der Waals surface area contributed by atoms with Crippen LogP contribution in [0.5, 0.6) is 0 Å². The minimum Gasteiger partial charge on any atom is -0.372 e. The predicted molar refractivity (Wildman–Crippen MR) is 96.6 cm³/mol. The summed E-state index contributed by atoms with van der Waals surface area (Å²) < 4.78 is 14.0. The summed E-state index contributed by atoms with van der Waals surface area (Å²) >= 11 is 0. The Bertz CT molecular complexity index is 780. The molecule has 0 bridgehead atoms. The average molecular weight is 325 g/mol. The van der Waals surface area contributed by atoms with E-state index in [0.717, 1.165) is 24.5 Å². The SMILES string of the molecule is CCN(CC)c1ccc(N/C=C2/C(=O)Nc3cccc(F)c32)cc1. The Morgan fingerprint density at radius 2 is 1.83 bits per heavy atom. The lowest BCUT2D eigenvalue weighted by atomic mass is 10.1. The molecular formula is C19H20FN3O. The highest BCUT2D eigenvalue weighted by atomic mass is 19.1. The van der Waals surface area contributed by atoms with E-state index in [1.165, 1.54) is 6.07 Å². The van der Waals surface area contributed by atoms with E-state index in [2.05, 4.69) is 29.4 Å². The fraction of sp³-hybridized carbons (Fsp3) is 0.211. The maximum Gasteiger partial charge on any atom is 0.257 e. The Balaban J connectivity index is 1.81. The number of rotatable bonds is 5. The minimum atomic E-state index is -0.407. The van der Waals surface area contributed by atoms with Crippen LogP contribution in [-0.4, -0.2) is 19.0 Å². The van der Waals surface area contributed by atoms with Gasteiger partial charge in [-0.3, -0.25) is 4.79 Å². The number of carbonyl (C=O) groups excluding carboxylic acids is 1. The van der Waals surface area contributed by atoms with Crippen molar-refractivity contribution >= 4 is 28.5 Å². The van der Waals surface area contributed by atoms with Gasteiger partial charge in [-0.05, 0) is 50.2 Å². The Morgan fingerprint density at radius 3 is 2.50 bits per heavy atom. The Labute approximate surface area is 141 Å². The van der Waals surface area contributed by atoms with Gasteiger partial charge in [0.1, 0.15) is 5.82 Å². The Hall–Kier alpha value is -2.82. The van der Waals surface area contributed by atoms with Gasteiger partial charge >= 0.3 is 0 Å². The molecule has 0 aromatic heterocycles. The molecule has 124 valence electrons. The van der Waals surface area contributed by atoms with E-state index in [1.807, 2.05) is 24.3 Å². The third kappa shape index (κ3) is 2.97. The van der Waals surface area contributed by atoms with Crippen molar-refractivity contribution in [3.8, 4) is 0 Å². The van der Waals surface area contributed by atoms with Gasteiger partial charge in [-0.2, -0.15) is 0 Å². The number of anilines is 3. The maximum atomic E-state index is 14.0. The molecule has 1 heterocycles. The molecule has 2 aromatic carbocycles. The van der Waals surface area contributed by atoms with Crippen LogP contribution in [0.1, 0.15) is 19.4 Å². The summed E-state index contributed by atoms with van der Waals surface area (Å²) in [5, 5.41) is 5.75. The van der Waals surface area contributed by atoms with Crippen molar-refractivity contribution < 1.29 is 9.18 Å². The van der Waals surface area contributed by atoms with E-state index in [9.17, 15) is 9.18 Å². The molecule has 0 spiro atoms. The second kappa shape index (κ2) is 6.74. The fourth-order valence-corrected chi connectivity index (χ4v) is 2.86. The summed E-state index contributed by atoms with van der Waals surface area (Å²) in [5.41, 5.74) is 3.11. The van der Waals surface area contributed by atoms with Crippen molar-refractivity contribution in [2.75, 3.05) is 28.6 Å². The number of amides is 1. The summed E-state index contributed by atoms with van der Waals surface area (Å²) in [4.78, 5) is 14.3. The lowest BCUT2D eigenvalue weighted by Crippen LogP contribution is -2.21. The quantitative estimate of drug-likeness (QED) is 0.814. The molecule has 2 aromatic rings. The summed E-state index contributed by atoms with van der Waals surface area (Å²) in [7, 11) is 0. The second-order valence-electron chi connectivity index (χ2n) is 5.54. The van der Waals surface area contributed by atoms with Gasteiger partial charge in [0.15, 0.2) is 0 Å². The second-order valence-corrected chi connectivity index (χ2v) is 5.54. The van der Waals surface area contributed by atoms with Gasteiger partial charge in [0.2, 0.25) is 0 Å². The largest absolute Gasteiger partial charge is 0.372 e. The highest BCUT2D eigenvalue weighted by molar-refractivity contribution is 6.31. The summed E-state index contributed by atoms with van der Waals surface area (Å²) in [5.74, 6) is -0.710. The topological polar surface area (TPSA) is 44.4 Å². The van der Waals surface area contributed by atoms with Gasteiger partial charge in [-0.25, -0.2) is 4.39 Å². The van der Waals surface area contributed by atoms with Crippen LogP contribution < -0.4 is 15.5 Å². The van der Waals surface area contributed by atoms with E-state index in [0.29, 0.717) is 16.8 Å². The molecule has 3 rings (SSSR count). The van der Waals surface area contributed by atoms with Crippen molar-refractivity contribution in [2.45, 2.75) is 13.8 Å². The number of nitrogens with one attached hydrogen (secondary N) is 2. The van der Waals surface area contributed by atoms with E-state index >= 15 is 0 Å². The Kier molecular flexibility index (Phi) is 4.51. The molecule has 24 heavy (non-hydrogen) atoms. The number of benzene rings is 2. The smallest absolute Gasteiger partial charge is 0.257 e. The van der Waals surface area contributed by atoms with Crippen LogP contribution in [0, 0.1) is 5.82 Å². The van der Waals surface area contributed by atoms with Crippen LogP contribution >= 0.6 is 0 Å². The molecule has 0 radical (unpaired) electrons. The van der Waals surface area contributed by atoms with E-state index in [4.69, 9.17) is 0 Å². The zero-order chi connectivity index (χ0) is 17.1. The number of carbonyl (C=O) groups is 1. The standard InChI is InChI=1S/C19H20FN3O/c1-3-23(4-2)14-10-8-13(9-11-14)21-12-15-18-16(20)6-5-7-17(18)22-19(15)24/h5-12,21H,3-4H2,1-2H3,(H,22,24)/b15-12+. The molecule has 4 nitrogen and oxygen atoms in total. The first-order valence-corrected chi connectivity index (χ1v) is 8.06. The zero-order valence-electron chi connectivity index (χ0n) is 13.8. The average Bonchev–Trinajstić information content (AvgIpc) is 2.92. The van der Waals surface area contributed by atoms with E-state index in [-0.39, 0.29) is 5.91 Å². The van der Waals surface area contributed by atoms with Crippen LogP contribution in [-0.2, 0) is 4.79 Å². The maximum absolute atomic E-state index is 14.0. The molecule has 0 saturated carbocycles. The normalized spacial score (nSPS) is 14.5. The van der Waals surface area contributed by atoms with Gasteiger partial charge in [-0.15, -0.1) is 0 Å². The molecule has 2 N–H and O–H groups in total. The molecule has 0 atom stereocenters. The monoisotopic (exact) mass is 325 g/mol. The van der Waals surface area contributed by atoms with Crippen molar-refractivity contribution in [1.82, 2.24) is 0 Å². The van der Waals surface area contributed by atoms with Crippen LogP contribution in [0.4, 0.5) is 21.5 Å². The highest BCUT2D eigenvalue weighted by Gasteiger charge is 2.27. The predicted octanol–water partition coefficient (Wildman–Crippen LogP) is 4.08. The molecule has 0 fully saturated rings. The van der Waals surface area contributed by atoms with Crippen LogP contribution in [0.2, 0.25) is 0 Å². The van der Waals surface area contributed by atoms with E-state index < -0.39 is 5.82 Å². The molecule has 0 aliphatic carbocycles. The number of hydrogen-bond acceptors (Lipinski definition) is 3. The zero-order valence-corrected chi connectivity index (χ0v) is 13.8. The van der Waals surface area contributed by atoms with Crippen molar-refractivity contribution in [1.29, 1.82) is 0 Å². The molecular weight excluding hydrogens is 305 g/mol. The number of hydrogen-bond donors (Lipinski definition) is 2. The van der Waals surface area contributed by atoms with Crippen LogP contribution in [0.3, 0.4) is 0 Å². The van der Waals surface area contributed by atoms with Crippen molar-refractivity contribution in [2.24, 2.45) is 0 Å². The number of nitrogens with zero attached hydrogens (tertiary/aromatic N) is 1. The van der Waals surface area contributed by atoms with Crippen molar-refractivity contribution in [3.63, 3.8) is 0 Å². The first-order chi connectivity index (χ1) is 11.6. The third-order valence-electron chi connectivity index (χ3n) is 4.15. The molecule has 0 saturated heterocycles. The highest BCUT2D eigenvalue weighted by Crippen LogP contribution is 2.33. The summed E-state index contributed by atoms with van der Waals surface area (Å²) in [6.45, 7) is 6.13. The first-order valence-electron chi connectivity index (χ1n) is 8.06. The minimum absolute atomic E-state index is 0.302. The lowest BCUT2D eigenvalue weighted by molar-refractivity contribution is -0.110. The summed E-state index contributed by atoms with van der Waals surface area (Å²) in [6.07, 6.45) is 1.55.